The number of sulfonamides is 1. The number of rotatable bonds is 7. The molecule has 1 unspecified atom stereocenters. The van der Waals surface area contributed by atoms with Gasteiger partial charge in [-0.25, -0.2) is 18.1 Å². The Morgan fingerprint density at radius 2 is 1.70 bits per heavy atom. The van der Waals surface area contributed by atoms with E-state index in [0.717, 1.165) is 23.4 Å². The van der Waals surface area contributed by atoms with Gasteiger partial charge >= 0.3 is 0 Å². The molecule has 5 nitrogen and oxygen atoms in total. The largest absolute Gasteiger partial charge is 0.446 e. The fourth-order valence-corrected chi connectivity index (χ4v) is 4.08. The van der Waals surface area contributed by atoms with E-state index in [1.165, 1.54) is 5.56 Å². The zero-order valence-corrected chi connectivity index (χ0v) is 16.6. The highest BCUT2D eigenvalue weighted by atomic mass is 32.2. The molecule has 0 radical (unpaired) electrons. The van der Waals surface area contributed by atoms with Gasteiger partial charge in [0.1, 0.15) is 11.5 Å². The first-order valence-electron chi connectivity index (χ1n) is 8.96. The van der Waals surface area contributed by atoms with Crippen LogP contribution >= 0.6 is 0 Å². The highest BCUT2D eigenvalue weighted by molar-refractivity contribution is 7.89. The molecule has 1 N–H and O–H groups in total. The molecule has 27 heavy (non-hydrogen) atoms. The van der Waals surface area contributed by atoms with Gasteiger partial charge in [-0.3, -0.25) is 0 Å². The summed E-state index contributed by atoms with van der Waals surface area (Å²) in [4.78, 5) is 4.59. The van der Waals surface area contributed by atoms with Gasteiger partial charge < -0.3 is 4.42 Å². The van der Waals surface area contributed by atoms with Crippen molar-refractivity contribution in [3.8, 4) is 11.3 Å². The van der Waals surface area contributed by atoms with Crippen LogP contribution in [0, 0.1) is 13.8 Å². The molecule has 0 aliphatic heterocycles. The first kappa shape index (κ1) is 19.3. The standard InChI is InChI=1S/C21H24N2O3S/c1-15(18-7-5-4-6-8-18)13-14-22-27(24,25)20-11-9-19(10-12-20)21-16(2)26-17(3)23-21/h4-12,15,22H,13-14H2,1-3H3. The van der Waals surface area contributed by atoms with Gasteiger partial charge in [0.05, 0.1) is 4.90 Å². The molecule has 142 valence electrons. The summed E-state index contributed by atoms with van der Waals surface area (Å²) in [6.45, 7) is 6.12. The second-order valence-corrected chi connectivity index (χ2v) is 8.43. The summed E-state index contributed by atoms with van der Waals surface area (Å²) >= 11 is 0. The monoisotopic (exact) mass is 384 g/mol. The van der Waals surface area contributed by atoms with Gasteiger partial charge in [-0.2, -0.15) is 0 Å². The van der Waals surface area contributed by atoms with Gasteiger partial charge in [0.15, 0.2) is 5.89 Å². The minimum Gasteiger partial charge on any atom is -0.446 e. The van der Waals surface area contributed by atoms with Gasteiger partial charge in [0, 0.05) is 19.0 Å². The summed E-state index contributed by atoms with van der Waals surface area (Å²) in [7, 11) is -3.54. The molecular formula is C21H24N2O3S. The predicted octanol–water partition coefficient (Wildman–Crippen LogP) is 4.43. The van der Waals surface area contributed by atoms with Crippen LogP contribution in [-0.2, 0) is 10.0 Å². The summed E-state index contributed by atoms with van der Waals surface area (Å²) in [5.74, 6) is 1.60. The topological polar surface area (TPSA) is 72.2 Å². The molecule has 0 amide bonds. The minimum atomic E-state index is -3.54. The summed E-state index contributed by atoms with van der Waals surface area (Å²) in [6.07, 6.45) is 0.735. The zero-order chi connectivity index (χ0) is 19.4. The fraction of sp³-hybridized carbons (Fsp3) is 0.286. The summed E-state index contributed by atoms with van der Waals surface area (Å²) in [5, 5.41) is 0. The molecule has 0 spiro atoms. The van der Waals surface area contributed by atoms with Crippen molar-refractivity contribution in [3.05, 3.63) is 71.8 Å². The van der Waals surface area contributed by atoms with E-state index in [1.54, 1.807) is 31.2 Å². The maximum Gasteiger partial charge on any atom is 0.240 e. The van der Waals surface area contributed by atoms with Gasteiger partial charge in [0.25, 0.3) is 0 Å². The smallest absolute Gasteiger partial charge is 0.240 e. The number of aromatic nitrogens is 1. The lowest BCUT2D eigenvalue weighted by Crippen LogP contribution is -2.25. The number of aryl methyl sites for hydroxylation is 2. The van der Waals surface area contributed by atoms with Crippen molar-refractivity contribution in [1.82, 2.24) is 9.71 Å². The molecule has 3 aromatic rings. The van der Waals surface area contributed by atoms with E-state index in [-0.39, 0.29) is 10.8 Å². The number of nitrogens with one attached hydrogen (secondary N) is 1. The molecule has 0 saturated carbocycles. The molecule has 0 aliphatic carbocycles. The maximum atomic E-state index is 12.5. The third-order valence-electron chi connectivity index (χ3n) is 4.58. The number of benzene rings is 2. The molecule has 0 saturated heterocycles. The highest BCUT2D eigenvalue weighted by Crippen LogP contribution is 2.24. The highest BCUT2D eigenvalue weighted by Gasteiger charge is 2.16. The second kappa shape index (κ2) is 8.06. The minimum absolute atomic E-state index is 0.247. The van der Waals surface area contributed by atoms with Crippen LogP contribution in [0.1, 0.15) is 36.5 Å². The predicted molar refractivity (Wildman–Crippen MR) is 106 cm³/mol. The van der Waals surface area contributed by atoms with E-state index in [1.807, 2.05) is 25.1 Å². The molecule has 0 aliphatic rings. The fourth-order valence-electron chi connectivity index (χ4n) is 3.03. The number of oxazole rings is 1. The van der Waals surface area contributed by atoms with Crippen molar-refractivity contribution in [3.63, 3.8) is 0 Å². The molecule has 1 atom stereocenters. The first-order chi connectivity index (χ1) is 12.9. The third-order valence-corrected chi connectivity index (χ3v) is 6.06. The van der Waals surface area contributed by atoms with Crippen molar-refractivity contribution in [2.45, 2.75) is 38.0 Å². The SMILES string of the molecule is Cc1nc(-c2ccc(S(=O)(=O)NCCC(C)c3ccccc3)cc2)c(C)o1. The Balaban J connectivity index is 1.64. The normalized spacial score (nSPS) is 12.9. The van der Waals surface area contributed by atoms with Crippen LogP contribution in [0.2, 0.25) is 0 Å². The maximum absolute atomic E-state index is 12.5. The van der Waals surface area contributed by atoms with E-state index in [4.69, 9.17) is 4.42 Å². The number of hydrogen-bond donors (Lipinski definition) is 1. The Labute approximate surface area is 160 Å². The van der Waals surface area contributed by atoms with E-state index >= 15 is 0 Å². The second-order valence-electron chi connectivity index (χ2n) is 6.66. The van der Waals surface area contributed by atoms with Crippen molar-refractivity contribution < 1.29 is 12.8 Å². The average Bonchev–Trinajstić information content (AvgIpc) is 3.00. The molecule has 0 bridgehead atoms. The Kier molecular flexibility index (Phi) is 5.77. The van der Waals surface area contributed by atoms with Crippen molar-refractivity contribution in [1.29, 1.82) is 0 Å². The Morgan fingerprint density at radius 3 is 2.30 bits per heavy atom. The van der Waals surface area contributed by atoms with Crippen LogP contribution in [0.5, 0.6) is 0 Å². The Hall–Kier alpha value is -2.44. The number of hydrogen-bond acceptors (Lipinski definition) is 4. The van der Waals surface area contributed by atoms with Gasteiger partial charge in [-0.15, -0.1) is 0 Å². The molecule has 1 aromatic heterocycles. The molecule has 2 aromatic carbocycles. The van der Waals surface area contributed by atoms with E-state index in [0.29, 0.717) is 12.4 Å². The van der Waals surface area contributed by atoms with Crippen LogP contribution < -0.4 is 4.72 Å². The van der Waals surface area contributed by atoms with Gasteiger partial charge in [-0.1, -0.05) is 49.4 Å². The van der Waals surface area contributed by atoms with Crippen molar-refractivity contribution >= 4 is 10.0 Å². The molecule has 3 rings (SSSR count). The molecule has 1 heterocycles. The van der Waals surface area contributed by atoms with E-state index in [2.05, 4.69) is 28.8 Å². The molecule has 6 heteroatoms. The van der Waals surface area contributed by atoms with Crippen LogP contribution in [-0.4, -0.2) is 19.9 Å². The van der Waals surface area contributed by atoms with Crippen LogP contribution in [0.25, 0.3) is 11.3 Å². The van der Waals surface area contributed by atoms with Crippen LogP contribution in [0.3, 0.4) is 0 Å². The zero-order valence-electron chi connectivity index (χ0n) is 15.8. The number of nitrogens with zero attached hydrogens (tertiary/aromatic N) is 1. The van der Waals surface area contributed by atoms with E-state index in [9.17, 15) is 8.42 Å². The lowest BCUT2D eigenvalue weighted by atomic mass is 9.98. The summed E-state index contributed by atoms with van der Waals surface area (Å²) in [5.41, 5.74) is 2.78. The lowest BCUT2D eigenvalue weighted by Gasteiger charge is -2.13. The van der Waals surface area contributed by atoms with Crippen molar-refractivity contribution in [2.24, 2.45) is 0 Å². The average molecular weight is 385 g/mol. The van der Waals surface area contributed by atoms with Gasteiger partial charge in [-0.05, 0) is 37.0 Å². The Bertz CT molecular complexity index is 994. The van der Waals surface area contributed by atoms with Gasteiger partial charge in [0.2, 0.25) is 10.0 Å². The first-order valence-corrected chi connectivity index (χ1v) is 10.4. The summed E-state index contributed by atoms with van der Waals surface area (Å²) in [6, 6.07) is 16.8. The molecule has 0 fully saturated rings. The van der Waals surface area contributed by atoms with Crippen LogP contribution in [0.4, 0.5) is 0 Å². The van der Waals surface area contributed by atoms with Crippen molar-refractivity contribution in [2.75, 3.05) is 6.54 Å². The lowest BCUT2D eigenvalue weighted by molar-refractivity contribution is 0.495. The van der Waals surface area contributed by atoms with E-state index < -0.39 is 10.0 Å². The van der Waals surface area contributed by atoms with Crippen LogP contribution in [0.15, 0.2) is 63.9 Å². The summed E-state index contributed by atoms with van der Waals surface area (Å²) < 4.78 is 33.2. The Morgan fingerprint density at radius 1 is 1.04 bits per heavy atom. The third kappa shape index (κ3) is 4.64. The molecular weight excluding hydrogens is 360 g/mol. The quantitative estimate of drug-likeness (QED) is 0.654.